The van der Waals surface area contributed by atoms with Crippen molar-refractivity contribution in [1.82, 2.24) is 9.78 Å². The Morgan fingerprint density at radius 1 is 1.21 bits per heavy atom. The zero-order chi connectivity index (χ0) is 17.7. The molecule has 6 nitrogen and oxygen atoms in total. The normalized spacial score (nSPS) is 10.8. The molecule has 0 saturated carbocycles. The fourth-order valence-corrected chi connectivity index (χ4v) is 2.75. The summed E-state index contributed by atoms with van der Waals surface area (Å²) in [6, 6.07) is 10.7. The molecule has 1 aromatic carbocycles. The zero-order valence-corrected chi connectivity index (χ0v) is 14.3. The SMILES string of the molecule is CCC(CC)n1nc(C)cc1C(=O)N(CC(=O)O)c1ccccc1. The molecule has 1 N–H and O–H groups in total. The van der Waals surface area contributed by atoms with E-state index in [1.807, 2.05) is 26.8 Å². The van der Waals surface area contributed by atoms with Crippen LogP contribution in [0.4, 0.5) is 5.69 Å². The van der Waals surface area contributed by atoms with Gasteiger partial charge in [0.2, 0.25) is 0 Å². The Hall–Kier alpha value is -2.63. The predicted octanol–water partition coefficient (Wildman–Crippen LogP) is 3.28. The van der Waals surface area contributed by atoms with Crippen LogP contribution in [0.2, 0.25) is 0 Å². The number of aryl methyl sites for hydroxylation is 1. The molecule has 0 radical (unpaired) electrons. The van der Waals surface area contributed by atoms with Crippen molar-refractivity contribution in [3.05, 3.63) is 47.8 Å². The minimum absolute atomic E-state index is 0.111. The molecular weight excluding hydrogens is 306 g/mol. The first-order valence-corrected chi connectivity index (χ1v) is 8.12. The van der Waals surface area contributed by atoms with Crippen LogP contribution >= 0.6 is 0 Å². The number of carbonyl (C=O) groups is 2. The number of rotatable bonds is 7. The molecule has 0 aliphatic rings. The summed E-state index contributed by atoms with van der Waals surface area (Å²) in [4.78, 5) is 25.6. The van der Waals surface area contributed by atoms with E-state index in [-0.39, 0.29) is 11.9 Å². The highest BCUT2D eigenvalue weighted by atomic mass is 16.4. The fraction of sp³-hybridized carbons (Fsp3) is 0.389. The number of anilines is 1. The second-order valence-electron chi connectivity index (χ2n) is 5.71. The van der Waals surface area contributed by atoms with Crippen molar-refractivity contribution in [3.63, 3.8) is 0 Å². The van der Waals surface area contributed by atoms with Gasteiger partial charge in [-0.2, -0.15) is 5.10 Å². The Balaban J connectivity index is 2.45. The maximum Gasteiger partial charge on any atom is 0.323 e. The van der Waals surface area contributed by atoms with Crippen LogP contribution in [0.25, 0.3) is 0 Å². The van der Waals surface area contributed by atoms with Crippen LogP contribution in [0.3, 0.4) is 0 Å². The number of hydrogen-bond acceptors (Lipinski definition) is 3. The third-order valence-electron chi connectivity index (χ3n) is 3.97. The number of nitrogens with zero attached hydrogens (tertiary/aromatic N) is 3. The van der Waals surface area contributed by atoms with Crippen LogP contribution < -0.4 is 4.90 Å². The number of carbonyl (C=O) groups excluding carboxylic acids is 1. The summed E-state index contributed by atoms with van der Waals surface area (Å²) in [5.41, 5.74) is 1.72. The predicted molar refractivity (Wildman–Crippen MR) is 92.3 cm³/mol. The topological polar surface area (TPSA) is 75.4 Å². The highest BCUT2D eigenvalue weighted by molar-refractivity contribution is 6.07. The Kier molecular flexibility index (Phi) is 5.73. The molecule has 0 spiro atoms. The number of aliphatic carboxylic acids is 1. The molecule has 0 aliphatic heterocycles. The van der Waals surface area contributed by atoms with Crippen molar-refractivity contribution < 1.29 is 14.7 Å². The maximum absolute atomic E-state index is 13.1. The minimum Gasteiger partial charge on any atom is -0.480 e. The van der Waals surface area contributed by atoms with Gasteiger partial charge in [0.1, 0.15) is 12.2 Å². The van der Waals surface area contributed by atoms with Gasteiger partial charge in [-0.25, -0.2) is 0 Å². The van der Waals surface area contributed by atoms with Crippen molar-refractivity contribution in [1.29, 1.82) is 0 Å². The summed E-state index contributed by atoms with van der Waals surface area (Å²) in [6.07, 6.45) is 1.70. The average molecular weight is 329 g/mol. The Labute approximate surface area is 141 Å². The van der Waals surface area contributed by atoms with Gasteiger partial charge in [-0.3, -0.25) is 19.2 Å². The molecule has 1 heterocycles. The molecule has 0 unspecified atom stereocenters. The quantitative estimate of drug-likeness (QED) is 0.846. The van der Waals surface area contributed by atoms with Crippen LogP contribution in [0.15, 0.2) is 36.4 Å². The number of benzene rings is 1. The van der Waals surface area contributed by atoms with E-state index in [0.717, 1.165) is 18.5 Å². The monoisotopic (exact) mass is 329 g/mol. The number of carboxylic acids is 1. The van der Waals surface area contributed by atoms with E-state index in [9.17, 15) is 14.7 Å². The van der Waals surface area contributed by atoms with Crippen molar-refractivity contribution in [3.8, 4) is 0 Å². The van der Waals surface area contributed by atoms with E-state index in [4.69, 9.17) is 0 Å². The molecule has 0 fully saturated rings. The largest absolute Gasteiger partial charge is 0.480 e. The van der Waals surface area contributed by atoms with Gasteiger partial charge in [0, 0.05) is 5.69 Å². The maximum atomic E-state index is 13.1. The molecule has 24 heavy (non-hydrogen) atoms. The highest BCUT2D eigenvalue weighted by Crippen LogP contribution is 2.22. The summed E-state index contributed by atoms with van der Waals surface area (Å²) in [6.45, 7) is 5.53. The van der Waals surface area contributed by atoms with Crippen LogP contribution in [0, 0.1) is 6.92 Å². The molecule has 0 aliphatic carbocycles. The van der Waals surface area contributed by atoms with Gasteiger partial charge in [-0.05, 0) is 38.0 Å². The van der Waals surface area contributed by atoms with E-state index in [2.05, 4.69) is 5.10 Å². The van der Waals surface area contributed by atoms with Crippen molar-refractivity contribution in [2.24, 2.45) is 0 Å². The van der Waals surface area contributed by atoms with Gasteiger partial charge in [-0.1, -0.05) is 32.0 Å². The summed E-state index contributed by atoms with van der Waals surface area (Å²) >= 11 is 0. The Morgan fingerprint density at radius 3 is 2.38 bits per heavy atom. The third-order valence-corrected chi connectivity index (χ3v) is 3.97. The number of carboxylic acid groups (broad SMARTS) is 1. The van der Waals surface area contributed by atoms with Crippen molar-refractivity contribution in [2.75, 3.05) is 11.4 Å². The highest BCUT2D eigenvalue weighted by Gasteiger charge is 2.26. The minimum atomic E-state index is -1.06. The first-order chi connectivity index (χ1) is 11.5. The van der Waals surface area contributed by atoms with Gasteiger partial charge < -0.3 is 5.11 Å². The van der Waals surface area contributed by atoms with E-state index < -0.39 is 12.5 Å². The lowest BCUT2D eigenvalue weighted by molar-refractivity contribution is -0.135. The number of amides is 1. The summed E-state index contributed by atoms with van der Waals surface area (Å²) in [7, 11) is 0. The smallest absolute Gasteiger partial charge is 0.323 e. The van der Waals surface area contributed by atoms with Gasteiger partial charge in [-0.15, -0.1) is 0 Å². The van der Waals surface area contributed by atoms with Crippen molar-refractivity contribution in [2.45, 2.75) is 39.7 Å². The molecule has 2 rings (SSSR count). The van der Waals surface area contributed by atoms with E-state index >= 15 is 0 Å². The lowest BCUT2D eigenvalue weighted by atomic mass is 10.1. The van der Waals surface area contributed by atoms with Crippen LogP contribution in [-0.4, -0.2) is 33.3 Å². The molecule has 1 amide bonds. The number of hydrogen-bond donors (Lipinski definition) is 1. The Bertz CT molecular complexity index is 706. The molecule has 128 valence electrons. The lowest BCUT2D eigenvalue weighted by Crippen LogP contribution is -2.37. The van der Waals surface area contributed by atoms with Gasteiger partial charge in [0.05, 0.1) is 11.7 Å². The van der Waals surface area contributed by atoms with E-state index in [1.165, 1.54) is 4.90 Å². The summed E-state index contributed by atoms with van der Waals surface area (Å²) < 4.78 is 1.73. The van der Waals surface area contributed by atoms with E-state index in [0.29, 0.717) is 11.4 Å². The van der Waals surface area contributed by atoms with Gasteiger partial charge in [0.25, 0.3) is 5.91 Å². The molecule has 0 bridgehead atoms. The first kappa shape index (κ1) is 17.7. The second-order valence-corrected chi connectivity index (χ2v) is 5.71. The van der Waals surface area contributed by atoms with Crippen LogP contribution in [-0.2, 0) is 4.79 Å². The zero-order valence-electron chi connectivity index (χ0n) is 14.3. The molecular formula is C18H23N3O3. The average Bonchev–Trinajstić information content (AvgIpc) is 2.95. The molecule has 6 heteroatoms. The third kappa shape index (κ3) is 3.82. The molecule has 0 saturated heterocycles. The Morgan fingerprint density at radius 2 is 1.83 bits per heavy atom. The van der Waals surface area contributed by atoms with E-state index in [1.54, 1.807) is 35.0 Å². The lowest BCUT2D eigenvalue weighted by Gasteiger charge is -2.23. The van der Waals surface area contributed by atoms with Crippen LogP contribution in [0.1, 0.15) is 48.9 Å². The number of aromatic nitrogens is 2. The first-order valence-electron chi connectivity index (χ1n) is 8.12. The summed E-state index contributed by atoms with van der Waals surface area (Å²) in [5.74, 6) is -1.41. The summed E-state index contributed by atoms with van der Waals surface area (Å²) in [5, 5.41) is 13.7. The fourth-order valence-electron chi connectivity index (χ4n) is 2.75. The standard InChI is InChI=1S/C18H23N3O3/c1-4-14(5-2)21-16(11-13(3)19-21)18(24)20(12-17(22)23)15-9-7-6-8-10-15/h6-11,14H,4-5,12H2,1-3H3,(H,22,23). The van der Waals surface area contributed by atoms with Crippen molar-refractivity contribution >= 4 is 17.6 Å². The molecule has 1 aromatic heterocycles. The second kappa shape index (κ2) is 7.77. The number of para-hydroxylation sites is 1. The van der Waals surface area contributed by atoms with Gasteiger partial charge >= 0.3 is 5.97 Å². The molecule has 2 aromatic rings. The molecule has 0 atom stereocenters. The van der Waals surface area contributed by atoms with Gasteiger partial charge in [0.15, 0.2) is 0 Å². The van der Waals surface area contributed by atoms with Crippen LogP contribution in [0.5, 0.6) is 0 Å².